The molecule has 1 aliphatic rings. The van der Waals surface area contributed by atoms with Gasteiger partial charge in [0.15, 0.2) is 5.78 Å². The maximum absolute atomic E-state index is 13.5. The molecule has 8 N–H and O–H groups in total. The van der Waals surface area contributed by atoms with Crippen molar-refractivity contribution in [3.8, 4) is 0 Å². The molecule has 21 nitrogen and oxygen atoms in total. The Balaban J connectivity index is 2.16. The maximum atomic E-state index is 13.5. The number of nitrogens with zero attached hydrogens (tertiary/aromatic N) is 4. The number of rotatable bonds is 25. The van der Waals surface area contributed by atoms with Crippen LogP contribution in [0.4, 0.5) is 0 Å². The van der Waals surface area contributed by atoms with Gasteiger partial charge >= 0.3 is 29.8 Å². The first-order valence-corrected chi connectivity index (χ1v) is 20.3. The summed E-state index contributed by atoms with van der Waals surface area (Å²) < 4.78 is 0. The van der Waals surface area contributed by atoms with E-state index in [4.69, 9.17) is 0 Å². The van der Waals surface area contributed by atoms with Crippen LogP contribution in [0.5, 0.6) is 0 Å². The van der Waals surface area contributed by atoms with E-state index in [0.29, 0.717) is 24.9 Å². The fourth-order valence-electron chi connectivity index (χ4n) is 6.90. The standard InChI is InChI=1S/C40H61N7O14/c1-27(33(49)23-30(22-29-8-4-3-5-9-29)38(57)43-31(39(58)59)10-6-7-13-41-28(2)48)42-34(50)12-11-32(40(60)61)47-20-18-45(25-36(53)54)16-14-44(24-35(51)52)15-17-46(19-21-47)26-37(55)56/h3-5,8-9,27,30-32H,6-7,10-26H2,1-2H3,(H,41,48)(H,42,50)(H,43,57)(H,51,52)(H,53,54)(H,55,56)(H,58,59)(H,60,61)/t27-,30+,31-,32+/m1/s1. The molecule has 1 aromatic rings. The van der Waals surface area contributed by atoms with E-state index in [1.165, 1.54) is 18.7 Å². The van der Waals surface area contributed by atoms with E-state index in [2.05, 4.69) is 16.0 Å². The minimum absolute atomic E-state index is 0.0191. The van der Waals surface area contributed by atoms with E-state index >= 15 is 0 Å². The molecule has 1 fully saturated rings. The number of carbonyl (C=O) groups is 9. The van der Waals surface area contributed by atoms with Crippen molar-refractivity contribution in [2.24, 2.45) is 5.92 Å². The van der Waals surface area contributed by atoms with Crippen LogP contribution in [-0.4, -0.2) is 195 Å². The summed E-state index contributed by atoms with van der Waals surface area (Å²) in [7, 11) is 0. The lowest BCUT2D eigenvalue weighted by atomic mass is 9.91. The van der Waals surface area contributed by atoms with Crippen molar-refractivity contribution in [1.29, 1.82) is 0 Å². The SMILES string of the molecule is CC(=O)NCCCC[C@@H](NC(=O)[C@H](CC(=O)[C@@H](C)NC(=O)CC[C@@H](C(=O)O)N1CCN(CC(=O)O)CCN(CC(=O)O)CCN(CC(=O)O)CC1)Cc1ccccc1)C(=O)O. The zero-order chi connectivity index (χ0) is 45.5. The second-order valence-corrected chi connectivity index (χ2v) is 15.2. The lowest BCUT2D eigenvalue weighted by molar-refractivity contribution is -0.145. The van der Waals surface area contributed by atoms with Gasteiger partial charge in [0.1, 0.15) is 12.1 Å². The fraction of sp³-hybridized carbons (Fsp3) is 0.625. The fourth-order valence-corrected chi connectivity index (χ4v) is 6.90. The Morgan fingerprint density at radius 1 is 0.656 bits per heavy atom. The molecule has 0 spiro atoms. The number of amides is 3. The molecule has 1 saturated heterocycles. The third-order valence-electron chi connectivity index (χ3n) is 10.2. The molecule has 1 heterocycles. The Morgan fingerprint density at radius 2 is 1.16 bits per heavy atom. The van der Waals surface area contributed by atoms with Crippen LogP contribution in [0.1, 0.15) is 57.9 Å². The molecule has 4 atom stereocenters. The zero-order valence-corrected chi connectivity index (χ0v) is 34.8. The van der Waals surface area contributed by atoms with Crippen molar-refractivity contribution in [2.45, 2.75) is 76.9 Å². The average Bonchev–Trinajstić information content (AvgIpc) is 3.17. The molecule has 1 aliphatic heterocycles. The molecule has 0 aromatic heterocycles. The monoisotopic (exact) mass is 863 g/mol. The van der Waals surface area contributed by atoms with E-state index in [9.17, 15) is 68.7 Å². The van der Waals surface area contributed by atoms with Gasteiger partial charge in [-0.15, -0.1) is 0 Å². The van der Waals surface area contributed by atoms with Crippen LogP contribution in [0.2, 0.25) is 0 Å². The van der Waals surface area contributed by atoms with Gasteiger partial charge in [0.25, 0.3) is 0 Å². The van der Waals surface area contributed by atoms with Crippen LogP contribution < -0.4 is 16.0 Å². The number of carbonyl (C=O) groups excluding carboxylic acids is 4. The summed E-state index contributed by atoms with van der Waals surface area (Å²) in [6.07, 6.45) is 0.138. The second kappa shape index (κ2) is 27.4. The quantitative estimate of drug-likeness (QED) is 0.0541. The van der Waals surface area contributed by atoms with E-state index in [-0.39, 0.29) is 96.9 Å². The third kappa shape index (κ3) is 21.5. The van der Waals surface area contributed by atoms with Crippen molar-refractivity contribution in [1.82, 2.24) is 35.6 Å². The highest BCUT2D eigenvalue weighted by Gasteiger charge is 2.31. The number of Topliss-reactive ketones (excluding diaryl/α,β-unsaturated/α-hetero) is 1. The zero-order valence-electron chi connectivity index (χ0n) is 34.8. The first-order valence-electron chi connectivity index (χ1n) is 20.3. The number of hydrogen-bond acceptors (Lipinski definition) is 13. The molecule has 0 saturated carbocycles. The molecule has 21 heteroatoms. The number of carboxylic acid groups (broad SMARTS) is 5. The minimum atomic E-state index is -1.28. The van der Waals surface area contributed by atoms with E-state index in [1.807, 2.05) is 0 Å². The lowest BCUT2D eigenvalue weighted by Gasteiger charge is -2.35. The van der Waals surface area contributed by atoms with Crippen LogP contribution in [0.25, 0.3) is 0 Å². The largest absolute Gasteiger partial charge is 0.480 e. The highest BCUT2D eigenvalue weighted by atomic mass is 16.4. The number of carboxylic acids is 5. The van der Waals surface area contributed by atoms with Crippen LogP contribution in [0, 0.1) is 5.92 Å². The van der Waals surface area contributed by atoms with Gasteiger partial charge in [-0.1, -0.05) is 30.3 Å². The second-order valence-electron chi connectivity index (χ2n) is 15.2. The number of nitrogens with one attached hydrogen (secondary N) is 3. The third-order valence-corrected chi connectivity index (χ3v) is 10.2. The van der Waals surface area contributed by atoms with E-state index in [1.54, 1.807) is 45.0 Å². The number of ketones is 1. The van der Waals surface area contributed by atoms with Crippen molar-refractivity contribution >= 4 is 53.4 Å². The number of aliphatic carboxylic acids is 5. The van der Waals surface area contributed by atoms with Gasteiger partial charge in [-0.3, -0.25) is 58.0 Å². The summed E-state index contributed by atoms with van der Waals surface area (Å²) in [4.78, 5) is 117. The number of benzene rings is 1. The summed E-state index contributed by atoms with van der Waals surface area (Å²) >= 11 is 0. The summed E-state index contributed by atoms with van der Waals surface area (Å²) in [5.41, 5.74) is 0.716. The lowest BCUT2D eigenvalue weighted by Crippen LogP contribution is -2.52. The summed E-state index contributed by atoms with van der Waals surface area (Å²) in [6, 6.07) is 5.17. The van der Waals surface area contributed by atoms with Crippen molar-refractivity contribution in [3.63, 3.8) is 0 Å². The van der Waals surface area contributed by atoms with Crippen LogP contribution in [-0.2, 0) is 49.6 Å². The Kier molecular flexibility index (Phi) is 23.2. The predicted octanol–water partition coefficient (Wildman–Crippen LogP) is -1.11. The van der Waals surface area contributed by atoms with Crippen molar-refractivity contribution < 1.29 is 68.7 Å². The summed E-state index contributed by atoms with van der Waals surface area (Å²) in [5, 5.41) is 56.3. The highest BCUT2D eigenvalue weighted by molar-refractivity contribution is 5.93. The molecular formula is C40H61N7O14. The van der Waals surface area contributed by atoms with E-state index < -0.39 is 84.6 Å². The van der Waals surface area contributed by atoms with Gasteiger partial charge in [-0.2, -0.15) is 0 Å². The molecule has 1 aromatic carbocycles. The van der Waals surface area contributed by atoms with Crippen LogP contribution >= 0.6 is 0 Å². The Bertz CT molecular complexity index is 1620. The minimum Gasteiger partial charge on any atom is -0.480 e. The van der Waals surface area contributed by atoms with Crippen molar-refractivity contribution in [3.05, 3.63) is 35.9 Å². The molecule has 3 amide bonds. The Labute approximate surface area is 354 Å². The molecule has 2 rings (SSSR count). The number of hydrogen-bond donors (Lipinski definition) is 8. The van der Waals surface area contributed by atoms with Crippen LogP contribution in [0.15, 0.2) is 30.3 Å². The maximum Gasteiger partial charge on any atom is 0.326 e. The molecule has 0 bridgehead atoms. The summed E-state index contributed by atoms with van der Waals surface area (Å²) in [6.45, 7) is 2.73. The van der Waals surface area contributed by atoms with Gasteiger partial charge in [0.05, 0.1) is 25.7 Å². The topological polar surface area (TPSA) is 304 Å². The molecular weight excluding hydrogens is 802 g/mol. The molecule has 340 valence electrons. The van der Waals surface area contributed by atoms with Gasteiger partial charge < -0.3 is 41.5 Å². The average molecular weight is 864 g/mol. The Morgan fingerprint density at radius 3 is 1.62 bits per heavy atom. The van der Waals surface area contributed by atoms with Gasteiger partial charge in [-0.25, -0.2) is 4.79 Å². The van der Waals surface area contributed by atoms with E-state index in [0.717, 1.165) is 0 Å². The van der Waals surface area contributed by atoms with Crippen molar-refractivity contribution in [2.75, 3.05) is 78.5 Å². The molecule has 0 unspecified atom stereocenters. The normalized spacial score (nSPS) is 17.0. The number of unbranched alkanes of at least 4 members (excludes halogenated alkanes) is 1. The summed E-state index contributed by atoms with van der Waals surface area (Å²) in [5.74, 6) is -9.00. The molecule has 0 aliphatic carbocycles. The highest BCUT2D eigenvalue weighted by Crippen LogP contribution is 2.17. The smallest absolute Gasteiger partial charge is 0.326 e. The van der Waals surface area contributed by atoms with Gasteiger partial charge in [0, 0.05) is 84.6 Å². The predicted molar refractivity (Wildman–Crippen MR) is 217 cm³/mol. The first kappa shape index (κ1) is 51.6. The van der Waals surface area contributed by atoms with Crippen LogP contribution in [0.3, 0.4) is 0 Å². The molecule has 61 heavy (non-hydrogen) atoms. The molecule has 0 radical (unpaired) electrons. The van der Waals surface area contributed by atoms with Gasteiger partial charge in [0.2, 0.25) is 17.7 Å². The van der Waals surface area contributed by atoms with Gasteiger partial charge in [-0.05, 0) is 44.6 Å². The Hall–Kier alpha value is -5.51. The first-order chi connectivity index (χ1) is 28.8.